The van der Waals surface area contributed by atoms with Crippen LogP contribution in [-0.2, 0) is 4.79 Å². The summed E-state index contributed by atoms with van der Waals surface area (Å²) in [5.41, 5.74) is 5.66. The molecule has 0 bridgehead atoms. The van der Waals surface area contributed by atoms with Crippen LogP contribution in [0.3, 0.4) is 0 Å². The van der Waals surface area contributed by atoms with Crippen molar-refractivity contribution >= 4 is 5.91 Å². The Bertz CT molecular complexity index is 246. The van der Waals surface area contributed by atoms with Crippen LogP contribution in [0.5, 0.6) is 0 Å². The number of carbonyl (C=O) groups is 1. The van der Waals surface area contributed by atoms with Gasteiger partial charge in [0, 0.05) is 12.6 Å². The first-order valence-electron chi connectivity index (χ1n) is 5.07. The molecule has 2 unspecified atom stereocenters. The number of allylic oxidation sites excluding steroid dienone is 1. The minimum Gasteiger partial charge on any atom is -0.355 e. The van der Waals surface area contributed by atoms with Crippen LogP contribution in [0, 0.1) is 5.92 Å². The normalized spacial score (nSPS) is 25.9. The Labute approximate surface area is 85.1 Å². The summed E-state index contributed by atoms with van der Waals surface area (Å²) >= 11 is 0. The van der Waals surface area contributed by atoms with Gasteiger partial charge < -0.3 is 11.1 Å². The fourth-order valence-electron chi connectivity index (χ4n) is 1.50. The summed E-state index contributed by atoms with van der Waals surface area (Å²) in [7, 11) is 0. The fourth-order valence-corrected chi connectivity index (χ4v) is 1.50. The summed E-state index contributed by atoms with van der Waals surface area (Å²) in [6, 6.07) is 0.0567. The van der Waals surface area contributed by atoms with Crippen molar-refractivity contribution in [1.29, 1.82) is 0 Å². The lowest BCUT2D eigenvalue weighted by atomic mass is 10.1. The molecule has 0 aromatic rings. The van der Waals surface area contributed by atoms with E-state index in [0.717, 1.165) is 12.8 Å². The standard InChI is InChI=1S/C11H18N2O/c1-2-3-4-7-13-11(14)9-5-6-10(12)8-9/h2-3,5-6,9-10H,4,7-8,12H2,1H3,(H,13,14)/b3-2+. The van der Waals surface area contributed by atoms with Gasteiger partial charge in [0.15, 0.2) is 0 Å². The molecule has 0 spiro atoms. The van der Waals surface area contributed by atoms with Gasteiger partial charge >= 0.3 is 0 Å². The van der Waals surface area contributed by atoms with E-state index in [9.17, 15) is 4.79 Å². The highest BCUT2D eigenvalue weighted by molar-refractivity contribution is 5.81. The topological polar surface area (TPSA) is 55.1 Å². The third-order valence-electron chi connectivity index (χ3n) is 2.30. The first-order chi connectivity index (χ1) is 6.74. The van der Waals surface area contributed by atoms with Gasteiger partial charge in [-0.2, -0.15) is 0 Å². The smallest absolute Gasteiger partial charge is 0.227 e. The van der Waals surface area contributed by atoms with Crippen LogP contribution >= 0.6 is 0 Å². The average Bonchev–Trinajstić information content (AvgIpc) is 2.59. The number of nitrogens with one attached hydrogen (secondary N) is 1. The number of carbonyl (C=O) groups excluding carboxylic acids is 1. The number of nitrogens with two attached hydrogens (primary N) is 1. The fraction of sp³-hybridized carbons (Fsp3) is 0.545. The highest BCUT2D eigenvalue weighted by Crippen LogP contribution is 2.15. The first-order valence-corrected chi connectivity index (χ1v) is 5.07. The van der Waals surface area contributed by atoms with Gasteiger partial charge in [0.1, 0.15) is 0 Å². The van der Waals surface area contributed by atoms with E-state index in [1.54, 1.807) is 0 Å². The summed E-state index contributed by atoms with van der Waals surface area (Å²) < 4.78 is 0. The molecule has 2 atom stereocenters. The van der Waals surface area contributed by atoms with Crippen molar-refractivity contribution in [2.24, 2.45) is 11.7 Å². The van der Waals surface area contributed by atoms with Gasteiger partial charge in [0.25, 0.3) is 0 Å². The zero-order valence-corrected chi connectivity index (χ0v) is 8.57. The molecule has 3 heteroatoms. The molecular weight excluding hydrogens is 176 g/mol. The van der Waals surface area contributed by atoms with Crippen molar-refractivity contribution in [3.05, 3.63) is 24.3 Å². The minimum atomic E-state index is -0.0180. The minimum absolute atomic E-state index is 0.0180. The molecule has 78 valence electrons. The van der Waals surface area contributed by atoms with Crippen molar-refractivity contribution in [3.63, 3.8) is 0 Å². The summed E-state index contributed by atoms with van der Waals surface area (Å²) in [6.45, 7) is 2.68. The van der Waals surface area contributed by atoms with E-state index in [4.69, 9.17) is 5.73 Å². The summed E-state index contributed by atoms with van der Waals surface area (Å²) in [6.07, 6.45) is 9.46. The second kappa shape index (κ2) is 5.60. The Morgan fingerprint density at radius 1 is 1.64 bits per heavy atom. The highest BCUT2D eigenvalue weighted by Gasteiger charge is 2.21. The molecule has 1 aliphatic carbocycles. The van der Waals surface area contributed by atoms with Crippen LogP contribution < -0.4 is 11.1 Å². The van der Waals surface area contributed by atoms with E-state index < -0.39 is 0 Å². The first kappa shape index (κ1) is 11.0. The molecule has 0 aromatic carbocycles. The van der Waals surface area contributed by atoms with E-state index >= 15 is 0 Å². The monoisotopic (exact) mass is 194 g/mol. The number of rotatable bonds is 4. The molecule has 0 aliphatic heterocycles. The number of hydrogen-bond donors (Lipinski definition) is 2. The quantitative estimate of drug-likeness (QED) is 0.517. The zero-order chi connectivity index (χ0) is 10.4. The van der Waals surface area contributed by atoms with Gasteiger partial charge in [-0.3, -0.25) is 4.79 Å². The number of amides is 1. The van der Waals surface area contributed by atoms with E-state index in [-0.39, 0.29) is 17.9 Å². The van der Waals surface area contributed by atoms with Gasteiger partial charge in [-0.25, -0.2) is 0 Å². The Balaban J connectivity index is 2.19. The Hall–Kier alpha value is -1.09. The molecule has 1 rings (SSSR count). The van der Waals surface area contributed by atoms with Crippen molar-refractivity contribution < 1.29 is 4.79 Å². The van der Waals surface area contributed by atoms with E-state index in [1.165, 1.54) is 0 Å². The maximum Gasteiger partial charge on any atom is 0.227 e. The lowest BCUT2D eigenvalue weighted by Crippen LogP contribution is -2.31. The Morgan fingerprint density at radius 2 is 2.43 bits per heavy atom. The van der Waals surface area contributed by atoms with Crippen molar-refractivity contribution in [3.8, 4) is 0 Å². The van der Waals surface area contributed by atoms with Gasteiger partial charge in [-0.05, 0) is 19.8 Å². The van der Waals surface area contributed by atoms with Gasteiger partial charge in [0.2, 0.25) is 5.91 Å². The van der Waals surface area contributed by atoms with Crippen LogP contribution in [0.4, 0.5) is 0 Å². The summed E-state index contributed by atoms with van der Waals surface area (Å²) in [5, 5.41) is 2.88. The molecule has 14 heavy (non-hydrogen) atoms. The van der Waals surface area contributed by atoms with E-state index in [0.29, 0.717) is 6.54 Å². The van der Waals surface area contributed by atoms with Crippen LogP contribution in [0.2, 0.25) is 0 Å². The highest BCUT2D eigenvalue weighted by atomic mass is 16.1. The largest absolute Gasteiger partial charge is 0.355 e. The lowest BCUT2D eigenvalue weighted by molar-refractivity contribution is -0.123. The molecule has 3 N–H and O–H groups in total. The predicted octanol–water partition coefficient (Wildman–Crippen LogP) is 0.972. The third kappa shape index (κ3) is 3.34. The lowest BCUT2D eigenvalue weighted by Gasteiger charge is -2.09. The predicted molar refractivity (Wildman–Crippen MR) is 57.7 cm³/mol. The molecule has 1 aliphatic rings. The molecule has 0 aromatic heterocycles. The zero-order valence-electron chi connectivity index (χ0n) is 8.57. The SMILES string of the molecule is C/C=C/CCNC(=O)C1C=CC(N)C1. The maximum absolute atomic E-state index is 11.5. The van der Waals surface area contributed by atoms with Crippen molar-refractivity contribution in [2.75, 3.05) is 6.54 Å². The maximum atomic E-state index is 11.5. The molecule has 0 fully saturated rings. The third-order valence-corrected chi connectivity index (χ3v) is 2.30. The van der Waals surface area contributed by atoms with Crippen molar-refractivity contribution in [2.45, 2.75) is 25.8 Å². The molecule has 0 saturated carbocycles. The second-order valence-electron chi connectivity index (χ2n) is 3.54. The molecule has 3 nitrogen and oxygen atoms in total. The van der Waals surface area contributed by atoms with Crippen LogP contribution in [-0.4, -0.2) is 18.5 Å². The summed E-state index contributed by atoms with van der Waals surface area (Å²) in [5.74, 6) is 0.0781. The average molecular weight is 194 g/mol. The van der Waals surface area contributed by atoms with Gasteiger partial charge in [0.05, 0.1) is 5.92 Å². The number of hydrogen-bond acceptors (Lipinski definition) is 2. The van der Waals surface area contributed by atoms with Crippen molar-refractivity contribution in [1.82, 2.24) is 5.32 Å². The molecule has 0 heterocycles. The van der Waals surface area contributed by atoms with E-state index in [2.05, 4.69) is 5.32 Å². The second-order valence-corrected chi connectivity index (χ2v) is 3.54. The molecule has 0 radical (unpaired) electrons. The van der Waals surface area contributed by atoms with Crippen LogP contribution in [0.15, 0.2) is 24.3 Å². The Morgan fingerprint density at radius 3 is 3.00 bits per heavy atom. The van der Waals surface area contributed by atoms with Crippen LogP contribution in [0.1, 0.15) is 19.8 Å². The van der Waals surface area contributed by atoms with E-state index in [1.807, 2.05) is 31.2 Å². The van der Waals surface area contributed by atoms with Crippen LogP contribution in [0.25, 0.3) is 0 Å². The molecule has 0 saturated heterocycles. The van der Waals surface area contributed by atoms with Gasteiger partial charge in [-0.1, -0.05) is 24.3 Å². The Kier molecular flexibility index (Phi) is 4.40. The molecular formula is C11H18N2O. The molecule has 1 amide bonds. The van der Waals surface area contributed by atoms with Gasteiger partial charge in [-0.15, -0.1) is 0 Å². The summed E-state index contributed by atoms with van der Waals surface area (Å²) in [4.78, 5) is 11.5.